The number of carbonyl (C=O) groups excluding carboxylic acids is 2. The number of nitrogens with zero attached hydrogens (tertiary/aromatic N) is 1. The molecule has 1 aliphatic heterocycles. The molecule has 2 aliphatic rings. The van der Waals surface area contributed by atoms with E-state index in [-0.39, 0.29) is 17.4 Å². The van der Waals surface area contributed by atoms with Crippen LogP contribution in [-0.4, -0.2) is 41.3 Å². The number of hydrogen-bond acceptors (Lipinski definition) is 3. The van der Waals surface area contributed by atoms with Crippen molar-refractivity contribution < 1.29 is 9.59 Å². The summed E-state index contributed by atoms with van der Waals surface area (Å²) >= 11 is 0. The summed E-state index contributed by atoms with van der Waals surface area (Å²) in [4.78, 5) is 26.4. The van der Waals surface area contributed by atoms with Gasteiger partial charge in [0.2, 0.25) is 5.91 Å². The lowest BCUT2D eigenvalue weighted by Gasteiger charge is -2.33. The molecule has 1 saturated heterocycles. The van der Waals surface area contributed by atoms with E-state index in [0.29, 0.717) is 18.4 Å². The summed E-state index contributed by atoms with van der Waals surface area (Å²) in [7, 11) is 0. The summed E-state index contributed by atoms with van der Waals surface area (Å²) in [5.74, 6) is 0.672. The zero-order chi connectivity index (χ0) is 14.8. The zero-order valence-electron chi connectivity index (χ0n) is 13.1. The van der Waals surface area contributed by atoms with Gasteiger partial charge in [0.25, 0.3) is 0 Å². The van der Waals surface area contributed by atoms with E-state index in [2.05, 4.69) is 10.2 Å². The second-order valence-electron chi connectivity index (χ2n) is 7.30. The number of nitrogens with one attached hydrogen (secondary N) is 1. The minimum Gasteiger partial charge on any atom is -0.350 e. The summed E-state index contributed by atoms with van der Waals surface area (Å²) < 4.78 is 0. The van der Waals surface area contributed by atoms with Crippen LogP contribution in [0.25, 0.3) is 0 Å². The van der Waals surface area contributed by atoms with E-state index in [1.165, 1.54) is 0 Å². The van der Waals surface area contributed by atoms with Crippen LogP contribution in [0.2, 0.25) is 0 Å². The SMILES string of the molecule is CC(C)(C)NC(=O)CN1CCCC1C1CCCCC1=O. The molecule has 114 valence electrons. The molecule has 0 spiro atoms. The predicted molar refractivity (Wildman–Crippen MR) is 79.5 cm³/mol. The average Bonchev–Trinajstić information content (AvgIpc) is 2.75. The van der Waals surface area contributed by atoms with Crippen molar-refractivity contribution in [3.05, 3.63) is 0 Å². The minimum atomic E-state index is -0.188. The molecule has 1 amide bonds. The Morgan fingerprint density at radius 1 is 1.25 bits per heavy atom. The first-order valence-electron chi connectivity index (χ1n) is 7.94. The monoisotopic (exact) mass is 280 g/mol. The summed E-state index contributed by atoms with van der Waals surface area (Å²) in [5, 5.41) is 3.02. The molecule has 4 nitrogen and oxygen atoms in total. The molecule has 2 fully saturated rings. The van der Waals surface area contributed by atoms with Crippen LogP contribution in [0.15, 0.2) is 0 Å². The van der Waals surface area contributed by atoms with Gasteiger partial charge < -0.3 is 5.32 Å². The van der Waals surface area contributed by atoms with Gasteiger partial charge in [0.05, 0.1) is 6.54 Å². The molecule has 4 heteroatoms. The molecule has 0 bridgehead atoms. The van der Waals surface area contributed by atoms with Gasteiger partial charge in [-0.05, 0) is 53.0 Å². The lowest BCUT2D eigenvalue weighted by atomic mass is 9.82. The Morgan fingerprint density at radius 3 is 2.65 bits per heavy atom. The van der Waals surface area contributed by atoms with E-state index in [1.807, 2.05) is 20.8 Å². The van der Waals surface area contributed by atoms with Crippen molar-refractivity contribution in [3.8, 4) is 0 Å². The van der Waals surface area contributed by atoms with Crippen molar-refractivity contribution in [3.63, 3.8) is 0 Å². The lowest BCUT2D eigenvalue weighted by molar-refractivity contribution is -0.129. The van der Waals surface area contributed by atoms with Crippen LogP contribution in [0.3, 0.4) is 0 Å². The van der Waals surface area contributed by atoms with Gasteiger partial charge in [0.15, 0.2) is 0 Å². The molecule has 1 aliphatic carbocycles. The van der Waals surface area contributed by atoms with Crippen LogP contribution in [0, 0.1) is 5.92 Å². The first-order valence-corrected chi connectivity index (χ1v) is 7.94. The molecule has 0 aromatic heterocycles. The molecule has 2 unspecified atom stereocenters. The van der Waals surface area contributed by atoms with E-state index in [1.54, 1.807) is 0 Å². The third-order valence-corrected chi connectivity index (χ3v) is 4.34. The summed E-state index contributed by atoms with van der Waals surface area (Å²) in [6.07, 6.45) is 6.14. The van der Waals surface area contributed by atoms with Gasteiger partial charge >= 0.3 is 0 Å². The highest BCUT2D eigenvalue weighted by Gasteiger charge is 2.37. The summed E-state index contributed by atoms with van der Waals surface area (Å²) in [6.45, 7) is 7.38. The van der Waals surface area contributed by atoms with E-state index >= 15 is 0 Å². The first-order chi connectivity index (χ1) is 9.37. The van der Waals surface area contributed by atoms with Crippen molar-refractivity contribution in [2.45, 2.75) is 70.9 Å². The molecule has 0 radical (unpaired) electrons. The zero-order valence-corrected chi connectivity index (χ0v) is 13.1. The quantitative estimate of drug-likeness (QED) is 0.861. The van der Waals surface area contributed by atoms with Gasteiger partial charge in [0.1, 0.15) is 5.78 Å². The fourth-order valence-corrected chi connectivity index (χ4v) is 3.56. The maximum Gasteiger partial charge on any atom is 0.234 e. The van der Waals surface area contributed by atoms with Crippen molar-refractivity contribution >= 4 is 11.7 Å². The Kier molecular flexibility index (Phi) is 4.84. The van der Waals surface area contributed by atoms with Crippen LogP contribution in [0.1, 0.15) is 59.3 Å². The van der Waals surface area contributed by atoms with Crippen LogP contribution in [0.5, 0.6) is 0 Å². The van der Waals surface area contributed by atoms with Crippen molar-refractivity contribution in [1.82, 2.24) is 10.2 Å². The topological polar surface area (TPSA) is 49.4 Å². The molecular formula is C16H28N2O2. The van der Waals surface area contributed by atoms with E-state index in [9.17, 15) is 9.59 Å². The molecule has 1 saturated carbocycles. The maximum atomic E-state index is 12.1. The highest BCUT2D eigenvalue weighted by molar-refractivity contribution is 5.83. The number of rotatable bonds is 3. The standard InChI is InChI=1S/C16H28N2O2/c1-16(2,3)17-15(20)11-18-10-6-8-13(18)12-7-4-5-9-14(12)19/h12-13H,4-11H2,1-3H3,(H,17,20). The summed E-state index contributed by atoms with van der Waals surface area (Å²) in [6, 6.07) is 0.300. The molecule has 1 heterocycles. The number of likely N-dealkylation sites (tertiary alicyclic amines) is 1. The maximum absolute atomic E-state index is 12.1. The molecule has 1 N–H and O–H groups in total. The fraction of sp³-hybridized carbons (Fsp3) is 0.875. The van der Waals surface area contributed by atoms with Gasteiger partial charge in [-0.1, -0.05) is 6.42 Å². The van der Waals surface area contributed by atoms with Gasteiger partial charge in [-0.3, -0.25) is 14.5 Å². The Bertz CT molecular complexity index is 373. The van der Waals surface area contributed by atoms with Gasteiger partial charge in [-0.25, -0.2) is 0 Å². The largest absolute Gasteiger partial charge is 0.350 e. The second-order valence-corrected chi connectivity index (χ2v) is 7.30. The molecule has 0 aromatic rings. The number of amides is 1. The predicted octanol–water partition coefficient (Wildman–Crippen LogP) is 2.12. The smallest absolute Gasteiger partial charge is 0.234 e. The van der Waals surface area contributed by atoms with E-state index in [0.717, 1.165) is 45.1 Å². The third kappa shape index (κ3) is 4.05. The van der Waals surface area contributed by atoms with Crippen molar-refractivity contribution in [2.75, 3.05) is 13.1 Å². The number of hydrogen-bond donors (Lipinski definition) is 1. The van der Waals surface area contributed by atoms with Crippen molar-refractivity contribution in [2.24, 2.45) is 5.92 Å². The van der Waals surface area contributed by atoms with Crippen LogP contribution in [-0.2, 0) is 9.59 Å². The Labute approximate surface area is 122 Å². The third-order valence-electron chi connectivity index (χ3n) is 4.34. The number of Topliss-reactive ketones (excluding diaryl/α,β-unsaturated/α-hetero) is 1. The first kappa shape index (κ1) is 15.5. The highest BCUT2D eigenvalue weighted by Crippen LogP contribution is 2.32. The van der Waals surface area contributed by atoms with Crippen LogP contribution >= 0.6 is 0 Å². The number of carbonyl (C=O) groups is 2. The number of ketones is 1. The Balaban J connectivity index is 1.93. The molecule has 0 aromatic carbocycles. The lowest BCUT2D eigenvalue weighted by Crippen LogP contribution is -2.49. The van der Waals surface area contributed by atoms with Crippen LogP contribution < -0.4 is 5.32 Å². The molecular weight excluding hydrogens is 252 g/mol. The molecule has 20 heavy (non-hydrogen) atoms. The minimum absolute atomic E-state index is 0.0765. The van der Waals surface area contributed by atoms with Gasteiger partial charge in [-0.15, -0.1) is 0 Å². The van der Waals surface area contributed by atoms with Gasteiger partial charge in [0, 0.05) is 23.9 Å². The second kappa shape index (κ2) is 6.25. The van der Waals surface area contributed by atoms with Crippen molar-refractivity contribution in [1.29, 1.82) is 0 Å². The normalized spacial score (nSPS) is 28.6. The highest BCUT2D eigenvalue weighted by atomic mass is 16.2. The van der Waals surface area contributed by atoms with E-state index < -0.39 is 0 Å². The average molecular weight is 280 g/mol. The van der Waals surface area contributed by atoms with Gasteiger partial charge in [-0.2, -0.15) is 0 Å². The van der Waals surface area contributed by atoms with Crippen LogP contribution in [0.4, 0.5) is 0 Å². The fourth-order valence-electron chi connectivity index (χ4n) is 3.56. The molecule has 2 atom stereocenters. The van der Waals surface area contributed by atoms with E-state index in [4.69, 9.17) is 0 Å². The Morgan fingerprint density at radius 2 is 2.00 bits per heavy atom. The molecule has 2 rings (SSSR count). The Hall–Kier alpha value is -0.900. The summed E-state index contributed by atoms with van der Waals surface area (Å²) in [5.41, 5.74) is -0.188.